The van der Waals surface area contributed by atoms with E-state index < -0.39 is 5.41 Å². The Morgan fingerprint density at radius 1 is 0.403 bits per heavy atom. The van der Waals surface area contributed by atoms with Crippen molar-refractivity contribution < 1.29 is 4.42 Å². The van der Waals surface area contributed by atoms with Gasteiger partial charge in [0.1, 0.15) is 11.3 Å². The Balaban J connectivity index is 0.819. The topological polar surface area (TPSA) is 21.3 Å². The van der Waals surface area contributed by atoms with Crippen LogP contribution in [0.25, 0.3) is 100 Å². The fourth-order valence-corrected chi connectivity index (χ4v) is 13.0. The third-order valence-corrected chi connectivity index (χ3v) is 16.4. The molecule has 0 amide bonds. The lowest BCUT2D eigenvalue weighted by Gasteiger charge is -2.30. The minimum atomic E-state index is -0.525. The summed E-state index contributed by atoms with van der Waals surface area (Å²) >= 11 is 0. The van der Waals surface area contributed by atoms with E-state index in [2.05, 4.69) is 284 Å². The Labute approximate surface area is 448 Å². The van der Waals surface area contributed by atoms with Crippen molar-refractivity contribution in [3.05, 3.63) is 307 Å². The van der Waals surface area contributed by atoms with Crippen molar-refractivity contribution in [2.75, 3.05) is 4.90 Å². The molecule has 77 heavy (non-hydrogen) atoms. The fraction of sp³-hybridized carbons (Fsp3) is 0.0270. The molecule has 1 unspecified atom stereocenters. The largest absolute Gasteiger partial charge is 0.460 e. The molecule has 0 bridgehead atoms. The highest BCUT2D eigenvalue weighted by molar-refractivity contribution is 6.10. The second-order valence-corrected chi connectivity index (χ2v) is 20.4. The van der Waals surface area contributed by atoms with Gasteiger partial charge in [0.15, 0.2) is 0 Å². The van der Waals surface area contributed by atoms with Crippen molar-refractivity contribution in [1.29, 1.82) is 0 Å². The second-order valence-electron chi connectivity index (χ2n) is 20.4. The van der Waals surface area contributed by atoms with Crippen LogP contribution in [-0.2, 0) is 5.41 Å². The third-order valence-electron chi connectivity index (χ3n) is 16.4. The molecule has 0 radical (unpaired) electrons. The number of benzene rings is 11. The SMILES string of the molecule is C=C/C=C\c1c(C)oc2c3c(ccc12)C1(c2ccccc2-c2c(-c4ccc(N(c5ccc(-c6ccccc6)cc5)c5ccc(-c6ccc(-n7c8ccccc8c8ccccc87)cc6)cc5)cc4)cccc21)c1ccccc1-3. The molecule has 0 fully saturated rings. The number of allylic oxidation sites excluding steroid dienone is 2. The van der Waals surface area contributed by atoms with Crippen LogP contribution in [0.15, 0.2) is 278 Å². The van der Waals surface area contributed by atoms with Crippen molar-refractivity contribution in [3.63, 3.8) is 0 Å². The van der Waals surface area contributed by atoms with Gasteiger partial charge in [0.2, 0.25) is 0 Å². The number of aromatic nitrogens is 1. The van der Waals surface area contributed by atoms with Crippen LogP contribution < -0.4 is 4.90 Å². The van der Waals surface area contributed by atoms with Crippen LogP contribution in [-0.4, -0.2) is 4.57 Å². The molecule has 13 aromatic rings. The first-order chi connectivity index (χ1) is 38.1. The van der Waals surface area contributed by atoms with E-state index in [0.717, 1.165) is 50.6 Å². The van der Waals surface area contributed by atoms with Gasteiger partial charge in [0.05, 0.1) is 16.4 Å². The Morgan fingerprint density at radius 2 is 0.870 bits per heavy atom. The van der Waals surface area contributed by atoms with Gasteiger partial charge in [-0.3, -0.25) is 0 Å². The molecule has 2 heterocycles. The maximum Gasteiger partial charge on any atom is 0.143 e. The maximum atomic E-state index is 6.76. The quantitative estimate of drug-likeness (QED) is 0.134. The molecule has 3 nitrogen and oxygen atoms in total. The summed E-state index contributed by atoms with van der Waals surface area (Å²) in [5, 5.41) is 3.64. The molecular formula is C74H50N2O. The zero-order valence-corrected chi connectivity index (χ0v) is 42.5. The van der Waals surface area contributed by atoms with E-state index in [1.54, 1.807) is 0 Å². The van der Waals surface area contributed by atoms with Crippen molar-refractivity contribution in [2.24, 2.45) is 0 Å². The summed E-state index contributed by atoms with van der Waals surface area (Å²) in [6.45, 7) is 6.00. The van der Waals surface area contributed by atoms with Gasteiger partial charge >= 0.3 is 0 Å². The summed E-state index contributed by atoms with van der Waals surface area (Å²) < 4.78 is 9.13. The van der Waals surface area contributed by atoms with Gasteiger partial charge in [-0.05, 0) is 140 Å². The van der Waals surface area contributed by atoms with Crippen LogP contribution in [0.2, 0.25) is 0 Å². The van der Waals surface area contributed by atoms with Gasteiger partial charge < -0.3 is 13.9 Å². The van der Waals surface area contributed by atoms with Crippen LogP contribution in [0, 0.1) is 6.92 Å². The number of furan rings is 1. The van der Waals surface area contributed by atoms with Gasteiger partial charge in [-0.25, -0.2) is 0 Å². The summed E-state index contributed by atoms with van der Waals surface area (Å²) in [6.07, 6.45) is 5.92. The van der Waals surface area contributed by atoms with Gasteiger partial charge in [0.25, 0.3) is 0 Å². The van der Waals surface area contributed by atoms with E-state index in [1.807, 2.05) is 12.2 Å². The second kappa shape index (κ2) is 17.6. The highest BCUT2D eigenvalue weighted by Crippen LogP contribution is 2.65. The van der Waals surface area contributed by atoms with Crippen LogP contribution in [0.5, 0.6) is 0 Å². The zero-order valence-electron chi connectivity index (χ0n) is 42.5. The first kappa shape index (κ1) is 44.5. The standard InChI is InChI=1S/C74H50N2O/c1-3-4-19-58-48(2)77-73-62(58)46-47-68-72(73)64-23-9-13-26-66(64)74(68)65-25-12-8-22-63(65)71-59(24-16-27-67(71)74)53-36-44-56(45-37-53)75(54-38-30-50(31-39-54)49-17-6-5-7-18-49)55-40-32-51(33-41-55)52-34-42-57(43-35-52)76-69-28-14-10-20-60(69)61-21-11-15-29-70(61)76/h3-47H,1H2,2H3/b19-4-. The predicted molar refractivity (Wildman–Crippen MR) is 322 cm³/mol. The Bertz CT molecular complexity index is 4450. The van der Waals surface area contributed by atoms with E-state index in [9.17, 15) is 0 Å². The molecule has 2 aromatic heterocycles. The molecule has 0 aliphatic heterocycles. The van der Waals surface area contributed by atoms with Gasteiger partial charge in [-0.1, -0.05) is 219 Å². The molecule has 3 heteroatoms. The minimum absolute atomic E-state index is 0.525. The molecule has 15 rings (SSSR count). The van der Waals surface area contributed by atoms with Crippen molar-refractivity contribution >= 4 is 55.9 Å². The Hall–Kier alpha value is -9.96. The maximum absolute atomic E-state index is 6.76. The normalized spacial score (nSPS) is 14.1. The number of hydrogen-bond acceptors (Lipinski definition) is 2. The molecule has 0 saturated carbocycles. The Kier molecular flexibility index (Phi) is 10.2. The number of aryl methyl sites for hydroxylation is 1. The van der Waals surface area contributed by atoms with Crippen LogP contribution >= 0.6 is 0 Å². The lowest BCUT2D eigenvalue weighted by atomic mass is 9.70. The highest BCUT2D eigenvalue weighted by Gasteiger charge is 2.53. The third kappa shape index (κ3) is 6.70. The average Bonchev–Trinajstić information content (AvgIpc) is 4.25. The molecule has 2 aliphatic rings. The number of nitrogens with zero attached hydrogens (tertiary/aromatic N) is 2. The van der Waals surface area contributed by atoms with E-state index >= 15 is 0 Å². The van der Waals surface area contributed by atoms with Crippen molar-refractivity contribution in [1.82, 2.24) is 4.57 Å². The van der Waals surface area contributed by atoms with Crippen LogP contribution in [0.4, 0.5) is 17.1 Å². The number of para-hydroxylation sites is 2. The number of hydrogen-bond donors (Lipinski definition) is 0. The molecule has 0 saturated heterocycles. The Morgan fingerprint density at radius 3 is 1.47 bits per heavy atom. The summed E-state index contributed by atoms with van der Waals surface area (Å²) in [5.74, 6) is 0.903. The van der Waals surface area contributed by atoms with Crippen molar-refractivity contribution in [3.8, 4) is 61.3 Å². The lowest BCUT2D eigenvalue weighted by molar-refractivity contribution is 0.578. The van der Waals surface area contributed by atoms with E-state index in [0.29, 0.717) is 0 Å². The molecule has 1 spiro atoms. The molecule has 1 atom stereocenters. The molecule has 362 valence electrons. The molecule has 2 aliphatic carbocycles. The smallest absolute Gasteiger partial charge is 0.143 e. The first-order valence-corrected chi connectivity index (χ1v) is 26.5. The van der Waals surface area contributed by atoms with Gasteiger partial charge in [-0.2, -0.15) is 0 Å². The molecule has 0 N–H and O–H groups in total. The minimum Gasteiger partial charge on any atom is -0.460 e. The van der Waals surface area contributed by atoms with E-state index in [-0.39, 0.29) is 0 Å². The van der Waals surface area contributed by atoms with E-state index in [1.165, 1.54) is 94.1 Å². The molecule has 11 aromatic carbocycles. The summed E-state index contributed by atoms with van der Waals surface area (Å²) in [7, 11) is 0. The van der Waals surface area contributed by atoms with Gasteiger partial charge in [0, 0.05) is 50.0 Å². The van der Waals surface area contributed by atoms with E-state index in [4.69, 9.17) is 4.42 Å². The summed E-state index contributed by atoms with van der Waals surface area (Å²) in [4.78, 5) is 2.37. The summed E-state index contributed by atoms with van der Waals surface area (Å²) in [5.41, 5.74) is 25.5. The summed E-state index contributed by atoms with van der Waals surface area (Å²) in [6, 6.07) is 93.6. The highest BCUT2D eigenvalue weighted by atomic mass is 16.3. The predicted octanol–water partition coefficient (Wildman–Crippen LogP) is 19.9. The fourth-order valence-electron chi connectivity index (χ4n) is 13.0. The zero-order chi connectivity index (χ0) is 51.2. The van der Waals surface area contributed by atoms with Crippen LogP contribution in [0.1, 0.15) is 33.6 Å². The van der Waals surface area contributed by atoms with Gasteiger partial charge in [-0.15, -0.1) is 0 Å². The van der Waals surface area contributed by atoms with Crippen LogP contribution in [0.3, 0.4) is 0 Å². The number of fused-ring (bicyclic) bond motifs is 15. The lowest BCUT2D eigenvalue weighted by Crippen LogP contribution is -2.25. The monoisotopic (exact) mass is 982 g/mol. The van der Waals surface area contributed by atoms with Crippen molar-refractivity contribution in [2.45, 2.75) is 12.3 Å². The number of anilines is 3. The molecular weight excluding hydrogens is 933 g/mol. The average molecular weight is 983 g/mol. The first-order valence-electron chi connectivity index (χ1n) is 26.5. The number of rotatable bonds is 9.